The standard InChI is InChI=1S/C19H26N6O/c20-14-5-9-25(10-6-14)18-16-2-1-13(11-17(16)22-12-23-18)19(26)24-15-3-7-21-8-4-15/h1-2,11-12,14-15,21H,3-10,20H2,(H,24,26). The van der Waals surface area contributed by atoms with Gasteiger partial charge < -0.3 is 21.3 Å². The fourth-order valence-corrected chi connectivity index (χ4v) is 3.78. The molecule has 0 unspecified atom stereocenters. The van der Waals surface area contributed by atoms with Crippen molar-refractivity contribution in [2.75, 3.05) is 31.1 Å². The predicted octanol–water partition coefficient (Wildman–Crippen LogP) is 1.04. The Balaban J connectivity index is 1.54. The molecule has 7 heteroatoms. The van der Waals surface area contributed by atoms with Crippen molar-refractivity contribution in [1.29, 1.82) is 0 Å². The van der Waals surface area contributed by atoms with E-state index >= 15 is 0 Å². The molecule has 0 saturated carbocycles. The highest BCUT2D eigenvalue weighted by Crippen LogP contribution is 2.26. The van der Waals surface area contributed by atoms with E-state index in [1.54, 1.807) is 6.33 Å². The van der Waals surface area contributed by atoms with Crippen LogP contribution in [0.15, 0.2) is 24.5 Å². The number of carbonyl (C=O) groups excluding carboxylic acids is 1. The van der Waals surface area contributed by atoms with Gasteiger partial charge in [0.2, 0.25) is 0 Å². The summed E-state index contributed by atoms with van der Waals surface area (Å²) < 4.78 is 0. The molecule has 7 nitrogen and oxygen atoms in total. The molecule has 2 aliphatic rings. The summed E-state index contributed by atoms with van der Waals surface area (Å²) in [7, 11) is 0. The first kappa shape index (κ1) is 17.2. The molecule has 0 bridgehead atoms. The summed E-state index contributed by atoms with van der Waals surface area (Å²) in [6, 6.07) is 6.24. The van der Waals surface area contributed by atoms with Crippen molar-refractivity contribution in [3.8, 4) is 0 Å². The Hall–Kier alpha value is -2.25. The number of nitrogens with one attached hydrogen (secondary N) is 2. The maximum Gasteiger partial charge on any atom is 0.251 e. The molecule has 2 aliphatic heterocycles. The van der Waals surface area contributed by atoms with Crippen molar-refractivity contribution in [3.05, 3.63) is 30.1 Å². The minimum atomic E-state index is -0.0251. The largest absolute Gasteiger partial charge is 0.356 e. The van der Waals surface area contributed by atoms with E-state index in [1.807, 2.05) is 18.2 Å². The van der Waals surface area contributed by atoms with E-state index in [9.17, 15) is 4.79 Å². The predicted molar refractivity (Wildman–Crippen MR) is 102 cm³/mol. The maximum atomic E-state index is 12.6. The number of hydrogen-bond acceptors (Lipinski definition) is 6. The molecule has 0 atom stereocenters. The van der Waals surface area contributed by atoms with Crippen LogP contribution in [0.5, 0.6) is 0 Å². The molecule has 0 aliphatic carbocycles. The van der Waals surface area contributed by atoms with Gasteiger partial charge >= 0.3 is 0 Å². The Morgan fingerprint density at radius 3 is 2.69 bits per heavy atom. The first-order valence-electron chi connectivity index (χ1n) is 9.47. The van der Waals surface area contributed by atoms with Gasteiger partial charge in [-0.3, -0.25) is 4.79 Å². The number of rotatable bonds is 3. The molecule has 1 amide bonds. The number of amides is 1. The summed E-state index contributed by atoms with van der Waals surface area (Å²) >= 11 is 0. The smallest absolute Gasteiger partial charge is 0.251 e. The first-order valence-corrected chi connectivity index (χ1v) is 9.47. The lowest BCUT2D eigenvalue weighted by atomic mass is 10.0. The Kier molecular flexibility index (Phi) is 4.99. The molecule has 1 aromatic heterocycles. The lowest BCUT2D eigenvalue weighted by Crippen LogP contribution is -2.42. The Morgan fingerprint density at radius 1 is 1.15 bits per heavy atom. The van der Waals surface area contributed by atoms with Crippen LogP contribution in [-0.4, -0.2) is 54.1 Å². The number of benzene rings is 1. The number of anilines is 1. The number of fused-ring (bicyclic) bond motifs is 1. The number of carbonyl (C=O) groups is 1. The highest BCUT2D eigenvalue weighted by Gasteiger charge is 2.20. The third kappa shape index (κ3) is 3.64. The summed E-state index contributed by atoms with van der Waals surface area (Å²) in [5.74, 6) is 0.912. The summed E-state index contributed by atoms with van der Waals surface area (Å²) in [4.78, 5) is 23.7. The molecule has 0 spiro atoms. The fourth-order valence-electron chi connectivity index (χ4n) is 3.78. The van der Waals surface area contributed by atoms with Crippen LogP contribution in [0.3, 0.4) is 0 Å². The quantitative estimate of drug-likeness (QED) is 0.762. The summed E-state index contributed by atoms with van der Waals surface area (Å²) in [5, 5.41) is 7.43. The average Bonchev–Trinajstić information content (AvgIpc) is 2.68. The van der Waals surface area contributed by atoms with Gasteiger partial charge in [0.25, 0.3) is 5.91 Å². The van der Waals surface area contributed by atoms with Crippen molar-refractivity contribution in [1.82, 2.24) is 20.6 Å². The molecule has 3 heterocycles. The highest BCUT2D eigenvalue weighted by atomic mass is 16.1. The van der Waals surface area contributed by atoms with E-state index in [0.717, 1.165) is 68.6 Å². The van der Waals surface area contributed by atoms with Gasteiger partial charge in [-0.1, -0.05) is 0 Å². The van der Waals surface area contributed by atoms with Crippen molar-refractivity contribution in [2.24, 2.45) is 5.73 Å². The van der Waals surface area contributed by atoms with Crippen LogP contribution in [0, 0.1) is 0 Å². The fraction of sp³-hybridized carbons (Fsp3) is 0.526. The lowest BCUT2D eigenvalue weighted by Gasteiger charge is -2.31. The average molecular weight is 354 g/mol. The van der Waals surface area contributed by atoms with E-state index in [1.165, 1.54) is 0 Å². The molecule has 138 valence electrons. The zero-order valence-corrected chi connectivity index (χ0v) is 14.9. The minimum absolute atomic E-state index is 0.0251. The summed E-state index contributed by atoms with van der Waals surface area (Å²) in [6.07, 6.45) is 5.48. The summed E-state index contributed by atoms with van der Waals surface area (Å²) in [5.41, 5.74) is 7.47. The van der Waals surface area contributed by atoms with Gasteiger partial charge in [0, 0.05) is 36.1 Å². The topological polar surface area (TPSA) is 96.2 Å². The van der Waals surface area contributed by atoms with Gasteiger partial charge in [-0.15, -0.1) is 0 Å². The van der Waals surface area contributed by atoms with Crippen LogP contribution in [-0.2, 0) is 0 Å². The zero-order valence-electron chi connectivity index (χ0n) is 14.9. The van der Waals surface area contributed by atoms with Gasteiger partial charge in [-0.05, 0) is 57.0 Å². The van der Waals surface area contributed by atoms with Gasteiger partial charge in [-0.2, -0.15) is 0 Å². The lowest BCUT2D eigenvalue weighted by molar-refractivity contribution is 0.0929. The third-order valence-electron chi connectivity index (χ3n) is 5.39. The van der Waals surface area contributed by atoms with Crippen LogP contribution in [0.4, 0.5) is 5.82 Å². The Labute approximate surface area is 153 Å². The van der Waals surface area contributed by atoms with Crippen molar-refractivity contribution < 1.29 is 4.79 Å². The monoisotopic (exact) mass is 354 g/mol. The number of hydrogen-bond donors (Lipinski definition) is 3. The second kappa shape index (κ2) is 7.55. The second-order valence-corrected chi connectivity index (χ2v) is 7.25. The molecule has 26 heavy (non-hydrogen) atoms. The van der Waals surface area contributed by atoms with E-state index in [4.69, 9.17) is 5.73 Å². The van der Waals surface area contributed by atoms with Crippen molar-refractivity contribution in [3.63, 3.8) is 0 Å². The number of nitrogens with zero attached hydrogens (tertiary/aromatic N) is 3. The van der Waals surface area contributed by atoms with Crippen LogP contribution in [0.25, 0.3) is 10.9 Å². The maximum absolute atomic E-state index is 12.6. The summed E-state index contributed by atoms with van der Waals surface area (Å²) in [6.45, 7) is 3.73. The first-order chi connectivity index (χ1) is 12.7. The van der Waals surface area contributed by atoms with E-state index < -0.39 is 0 Å². The third-order valence-corrected chi connectivity index (χ3v) is 5.39. The molecular formula is C19H26N6O. The van der Waals surface area contributed by atoms with Gasteiger partial charge in [-0.25, -0.2) is 9.97 Å². The number of aromatic nitrogens is 2. The molecule has 2 fully saturated rings. The van der Waals surface area contributed by atoms with Crippen LogP contribution < -0.4 is 21.3 Å². The molecule has 4 N–H and O–H groups in total. The van der Waals surface area contributed by atoms with Crippen molar-refractivity contribution in [2.45, 2.75) is 37.8 Å². The van der Waals surface area contributed by atoms with Gasteiger partial charge in [0.1, 0.15) is 12.1 Å². The van der Waals surface area contributed by atoms with E-state index in [0.29, 0.717) is 5.56 Å². The van der Waals surface area contributed by atoms with Crippen LogP contribution in [0.1, 0.15) is 36.0 Å². The Bertz CT molecular complexity index is 781. The molecule has 0 radical (unpaired) electrons. The van der Waals surface area contributed by atoms with Crippen LogP contribution >= 0.6 is 0 Å². The number of nitrogens with two attached hydrogens (primary N) is 1. The Morgan fingerprint density at radius 2 is 1.92 bits per heavy atom. The molecular weight excluding hydrogens is 328 g/mol. The second-order valence-electron chi connectivity index (χ2n) is 7.25. The van der Waals surface area contributed by atoms with Crippen molar-refractivity contribution >= 4 is 22.6 Å². The molecule has 4 rings (SSSR count). The zero-order chi connectivity index (χ0) is 17.9. The number of piperidine rings is 2. The van der Waals surface area contributed by atoms with E-state index in [2.05, 4.69) is 25.5 Å². The molecule has 1 aromatic carbocycles. The van der Waals surface area contributed by atoms with Gasteiger partial charge in [0.05, 0.1) is 5.52 Å². The minimum Gasteiger partial charge on any atom is -0.356 e. The molecule has 2 aromatic rings. The van der Waals surface area contributed by atoms with Gasteiger partial charge in [0.15, 0.2) is 0 Å². The highest BCUT2D eigenvalue weighted by molar-refractivity contribution is 5.99. The normalized spacial score (nSPS) is 19.7. The SMILES string of the molecule is NC1CCN(c2ncnc3cc(C(=O)NC4CCNCC4)ccc23)CC1. The van der Waals surface area contributed by atoms with Crippen LogP contribution in [0.2, 0.25) is 0 Å². The van der Waals surface area contributed by atoms with E-state index in [-0.39, 0.29) is 18.0 Å². The molecule has 2 saturated heterocycles.